The highest BCUT2D eigenvalue weighted by Gasteiger charge is 2.22. The van der Waals surface area contributed by atoms with Gasteiger partial charge in [-0.2, -0.15) is 0 Å². The van der Waals surface area contributed by atoms with E-state index in [4.69, 9.17) is 0 Å². The first-order chi connectivity index (χ1) is 6.58. The third-order valence-corrected chi connectivity index (χ3v) is 2.44. The summed E-state index contributed by atoms with van der Waals surface area (Å²) in [6.45, 7) is 3.94. The van der Waals surface area contributed by atoms with Crippen LogP contribution in [-0.2, 0) is 0 Å². The lowest BCUT2D eigenvalue weighted by Gasteiger charge is -2.30. The van der Waals surface area contributed by atoms with Gasteiger partial charge in [0.05, 0.1) is 0 Å². The van der Waals surface area contributed by atoms with Gasteiger partial charge in [-0.1, -0.05) is 0 Å². The maximum absolute atomic E-state index is 11.4. The first-order valence-electron chi connectivity index (χ1n) is 4.47. The molecule has 0 radical (unpaired) electrons. The van der Waals surface area contributed by atoms with Crippen LogP contribution in [0, 0.1) is 0 Å². The molecule has 0 aromatic carbocycles. The second-order valence-corrected chi connectivity index (χ2v) is 3.52. The van der Waals surface area contributed by atoms with E-state index in [1.54, 1.807) is 0 Å². The van der Waals surface area contributed by atoms with Gasteiger partial charge in [0.2, 0.25) is 0 Å². The molecule has 0 fully saturated rings. The molecule has 14 heavy (non-hydrogen) atoms. The van der Waals surface area contributed by atoms with Crippen LogP contribution in [0.5, 0.6) is 0 Å². The molecule has 4 N–H and O–H groups in total. The van der Waals surface area contributed by atoms with Crippen molar-refractivity contribution < 1.29 is 0 Å². The van der Waals surface area contributed by atoms with Gasteiger partial charge in [-0.25, -0.2) is 4.79 Å². The van der Waals surface area contributed by atoms with Crippen molar-refractivity contribution in [2.75, 3.05) is 10.6 Å². The molecule has 1 aliphatic heterocycles. The maximum Gasteiger partial charge on any atom is 0.327 e. The van der Waals surface area contributed by atoms with E-state index < -0.39 is 11.2 Å². The normalized spacial score (nSPS) is 24.7. The Morgan fingerprint density at radius 2 is 1.64 bits per heavy atom. The zero-order valence-electron chi connectivity index (χ0n) is 7.97. The largest absolute Gasteiger partial charge is 0.373 e. The zero-order chi connectivity index (χ0) is 10.3. The number of H-pyrrole nitrogens is 2. The minimum atomic E-state index is -0.496. The predicted octanol–water partition coefficient (Wildman–Crippen LogP) is -0.322. The average Bonchev–Trinajstić information content (AvgIpc) is 2.08. The van der Waals surface area contributed by atoms with Crippen molar-refractivity contribution in [3.05, 3.63) is 20.8 Å². The number of aromatic amines is 2. The molecule has 0 bridgehead atoms. The zero-order valence-corrected chi connectivity index (χ0v) is 7.97. The van der Waals surface area contributed by atoms with Crippen molar-refractivity contribution in [2.45, 2.75) is 25.9 Å². The van der Waals surface area contributed by atoms with E-state index in [0.29, 0.717) is 11.5 Å². The maximum atomic E-state index is 11.4. The summed E-state index contributed by atoms with van der Waals surface area (Å²) in [7, 11) is 0. The van der Waals surface area contributed by atoms with Crippen molar-refractivity contribution >= 4 is 11.5 Å². The van der Waals surface area contributed by atoms with Gasteiger partial charge in [0.15, 0.2) is 0 Å². The molecule has 2 atom stereocenters. The molecular formula is C8H12N4O2. The third-order valence-electron chi connectivity index (χ3n) is 2.44. The van der Waals surface area contributed by atoms with Crippen molar-refractivity contribution in [1.29, 1.82) is 0 Å². The van der Waals surface area contributed by atoms with Gasteiger partial charge >= 0.3 is 5.69 Å². The molecule has 2 rings (SSSR count). The van der Waals surface area contributed by atoms with Crippen LogP contribution < -0.4 is 21.9 Å². The Morgan fingerprint density at radius 1 is 1.00 bits per heavy atom. The fourth-order valence-electron chi connectivity index (χ4n) is 1.44. The van der Waals surface area contributed by atoms with Crippen LogP contribution in [0.25, 0.3) is 0 Å². The first kappa shape index (κ1) is 8.86. The second kappa shape index (κ2) is 2.90. The average molecular weight is 196 g/mol. The van der Waals surface area contributed by atoms with Crippen LogP contribution in [0.1, 0.15) is 13.8 Å². The van der Waals surface area contributed by atoms with Crippen LogP contribution in [0.2, 0.25) is 0 Å². The molecule has 0 spiro atoms. The molecule has 0 aliphatic carbocycles. The molecule has 6 nitrogen and oxygen atoms in total. The van der Waals surface area contributed by atoms with E-state index >= 15 is 0 Å². The SMILES string of the molecule is CC1Nc2[nH]c(=O)[nH]c(=O)c2NC1C. The van der Waals surface area contributed by atoms with E-state index in [9.17, 15) is 9.59 Å². The van der Waals surface area contributed by atoms with Gasteiger partial charge in [0.25, 0.3) is 5.56 Å². The van der Waals surface area contributed by atoms with E-state index in [-0.39, 0.29) is 12.1 Å². The van der Waals surface area contributed by atoms with Crippen molar-refractivity contribution in [1.82, 2.24) is 9.97 Å². The number of fused-ring (bicyclic) bond motifs is 1. The molecule has 1 aliphatic rings. The van der Waals surface area contributed by atoms with Gasteiger partial charge < -0.3 is 10.6 Å². The predicted molar refractivity (Wildman–Crippen MR) is 53.9 cm³/mol. The molecule has 0 amide bonds. The molecule has 6 heteroatoms. The lowest BCUT2D eigenvalue weighted by molar-refractivity contribution is 0.654. The second-order valence-electron chi connectivity index (χ2n) is 3.52. The summed E-state index contributed by atoms with van der Waals surface area (Å²) in [5.41, 5.74) is -0.491. The minimum Gasteiger partial charge on any atom is -0.373 e. The molecule has 1 aromatic rings. The fraction of sp³-hybridized carbons (Fsp3) is 0.500. The fourth-order valence-corrected chi connectivity index (χ4v) is 1.44. The summed E-state index contributed by atoms with van der Waals surface area (Å²) in [4.78, 5) is 27.0. The number of nitrogens with one attached hydrogen (secondary N) is 4. The molecule has 2 heterocycles. The summed E-state index contributed by atoms with van der Waals surface area (Å²) in [6.07, 6.45) is 0. The monoisotopic (exact) mass is 196 g/mol. The topological polar surface area (TPSA) is 89.8 Å². The van der Waals surface area contributed by atoms with Gasteiger partial charge in [-0.05, 0) is 13.8 Å². The number of aromatic nitrogens is 2. The minimum absolute atomic E-state index is 0.148. The van der Waals surface area contributed by atoms with Gasteiger partial charge in [-0.3, -0.25) is 14.8 Å². The standard InChI is InChI=1S/C8H12N4O2/c1-3-4(2)10-6-5(9-3)7(13)12-8(14)11-6/h3-4,9H,1-2H3,(H3,10,11,12,13,14). The summed E-state index contributed by atoms with van der Waals surface area (Å²) in [5, 5.41) is 6.08. The van der Waals surface area contributed by atoms with Crippen molar-refractivity contribution in [3.8, 4) is 0 Å². The smallest absolute Gasteiger partial charge is 0.327 e. The van der Waals surface area contributed by atoms with Crippen LogP contribution in [0.15, 0.2) is 9.59 Å². The molecule has 1 aromatic heterocycles. The van der Waals surface area contributed by atoms with E-state index in [0.717, 1.165) is 0 Å². The summed E-state index contributed by atoms with van der Waals surface area (Å²) >= 11 is 0. The lowest BCUT2D eigenvalue weighted by Crippen LogP contribution is -2.43. The van der Waals surface area contributed by atoms with Crippen LogP contribution >= 0.6 is 0 Å². The molecule has 76 valence electrons. The van der Waals surface area contributed by atoms with Crippen molar-refractivity contribution in [3.63, 3.8) is 0 Å². The number of hydrogen-bond donors (Lipinski definition) is 4. The van der Waals surface area contributed by atoms with Crippen molar-refractivity contribution in [2.24, 2.45) is 0 Å². The van der Waals surface area contributed by atoms with Gasteiger partial charge in [-0.15, -0.1) is 0 Å². The molecular weight excluding hydrogens is 184 g/mol. The van der Waals surface area contributed by atoms with Crippen LogP contribution in [0.3, 0.4) is 0 Å². The van der Waals surface area contributed by atoms with Crippen LogP contribution in [-0.4, -0.2) is 22.1 Å². The Kier molecular flexibility index (Phi) is 1.83. The van der Waals surface area contributed by atoms with Gasteiger partial charge in [0, 0.05) is 12.1 Å². The number of rotatable bonds is 0. The summed E-state index contributed by atoms with van der Waals surface area (Å²) < 4.78 is 0. The van der Waals surface area contributed by atoms with E-state index in [2.05, 4.69) is 20.6 Å². The first-order valence-corrected chi connectivity index (χ1v) is 4.47. The Hall–Kier alpha value is -1.72. The van der Waals surface area contributed by atoms with Crippen LogP contribution in [0.4, 0.5) is 11.5 Å². The Balaban J connectivity index is 2.57. The number of anilines is 2. The van der Waals surface area contributed by atoms with E-state index in [1.165, 1.54) is 0 Å². The Morgan fingerprint density at radius 3 is 2.36 bits per heavy atom. The van der Waals surface area contributed by atoms with Gasteiger partial charge in [0.1, 0.15) is 11.5 Å². The molecule has 2 unspecified atom stereocenters. The van der Waals surface area contributed by atoms with E-state index in [1.807, 2.05) is 13.8 Å². The Bertz CT molecular complexity index is 461. The summed E-state index contributed by atoms with van der Waals surface area (Å²) in [5.74, 6) is 0.462. The molecule has 0 saturated carbocycles. The molecule has 0 saturated heterocycles. The summed E-state index contributed by atoms with van der Waals surface area (Å²) in [6, 6.07) is 0.314. The highest BCUT2D eigenvalue weighted by atomic mass is 16.2. The highest BCUT2D eigenvalue weighted by molar-refractivity contribution is 5.66. The lowest BCUT2D eigenvalue weighted by atomic mass is 10.1. The number of hydrogen-bond acceptors (Lipinski definition) is 4. The highest BCUT2D eigenvalue weighted by Crippen LogP contribution is 2.20. The quantitative estimate of drug-likeness (QED) is 0.457. The Labute approximate surface area is 79.7 Å². The third kappa shape index (κ3) is 1.28.